The molecule has 0 bridgehead atoms. The fraction of sp³-hybridized carbons (Fsp3) is 0.412. The fourth-order valence-corrected chi connectivity index (χ4v) is 2.55. The molecule has 0 radical (unpaired) electrons. The van der Waals surface area contributed by atoms with Crippen molar-refractivity contribution in [3.05, 3.63) is 41.7 Å². The van der Waals surface area contributed by atoms with E-state index in [1.165, 1.54) is 5.56 Å². The zero-order valence-corrected chi connectivity index (χ0v) is 13.4. The molecule has 1 aromatic carbocycles. The van der Waals surface area contributed by atoms with Crippen molar-refractivity contribution in [2.24, 2.45) is 0 Å². The summed E-state index contributed by atoms with van der Waals surface area (Å²) >= 11 is 0. The number of carbonyl (C=O) groups excluding carboxylic acids is 1. The third-order valence-electron chi connectivity index (χ3n) is 3.95. The first-order valence-electron chi connectivity index (χ1n) is 7.78. The van der Waals surface area contributed by atoms with Gasteiger partial charge in [0, 0.05) is 18.2 Å². The molecule has 6 nitrogen and oxygen atoms in total. The zero-order chi connectivity index (χ0) is 16.2. The summed E-state index contributed by atoms with van der Waals surface area (Å²) in [5.41, 5.74) is 2.97. The molecule has 23 heavy (non-hydrogen) atoms. The molecule has 1 aliphatic rings. The summed E-state index contributed by atoms with van der Waals surface area (Å²) in [6.45, 7) is 6.10. The molecule has 0 unspecified atom stereocenters. The SMILES string of the molecule is Cc1ccc(-c2cc(CNC(=O)N3CCOC[C@@H]3C)on2)cc1. The van der Waals surface area contributed by atoms with Crippen LogP contribution in [0.5, 0.6) is 0 Å². The summed E-state index contributed by atoms with van der Waals surface area (Å²) in [5, 5.41) is 6.93. The largest absolute Gasteiger partial charge is 0.377 e. The number of nitrogens with zero attached hydrogens (tertiary/aromatic N) is 2. The minimum absolute atomic E-state index is 0.0848. The first-order chi connectivity index (χ1) is 11.1. The number of hydrogen-bond acceptors (Lipinski definition) is 4. The van der Waals surface area contributed by atoms with Gasteiger partial charge in [0.1, 0.15) is 5.69 Å². The van der Waals surface area contributed by atoms with Crippen LogP contribution < -0.4 is 5.32 Å². The molecule has 1 atom stereocenters. The van der Waals surface area contributed by atoms with Crippen LogP contribution in [0.4, 0.5) is 4.79 Å². The van der Waals surface area contributed by atoms with Gasteiger partial charge in [-0.15, -0.1) is 0 Å². The molecule has 3 rings (SSSR count). The third kappa shape index (κ3) is 3.71. The van der Waals surface area contributed by atoms with Crippen molar-refractivity contribution in [3.8, 4) is 11.3 Å². The van der Waals surface area contributed by atoms with Crippen molar-refractivity contribution in [1.82, 2.24) is 15.4 Å². The highest BCUT2D eigenvalue weighted by Gasteiger charge is 2.23. The maximum absolute atomic E-state index is 12.2. The zero-order valence-electron chi connectivity index (χ0n) is 13.4. The van der Waals surface area contributed by atoms with E-state index in [9.17, 15) is 4.79 Å². The number of benzene rings is 1. The number of aromatic nitrogens is 1. The lowest BCUT2D eigenvalue weighted by atomic mass is 10.1. The molecule has 2 aromatic rings. The van der Waals surface area contributed by atoms with Crippen molar-refractivity contribution >= 4 is 6.03 Å². The van der Waals surface area contributed by atoms with E-state index in [0.29, 0.717) is 32.1 Å². The Hall–Kier alpha value is -2.34. The number of morpholine rings is 1. The predicted octanol–water partition coefficient (Wildman–Crippen LogP) is 2.58. The van der Waals surface area contributed by atoms with Gasteiger partial charge in [-0.05, 0) is 13.8 Å². The van der Waals surface area contributed by atoms with Crippen LogP contribution >= 0.6 is 0 Å². The van der Waals surface area contributed by atoms with E-state index in [0.717, 1.165) is 11.3 Å². The molecule has 0 saturated carbocycles. The minimum Gasteiger partial charge on any atom is -0.377 e. The normalized spacial score (nSPS) is 18.0. The van der Waals surface area contributed by atoms with Crippen LogP contribution in [0.15, 0.2) is 34.9 Å². The van der Waals surface area contributed by atoms with Gasteiger partial charge < -0.3 is 19.5 Å². The summed E-state index contributed by atoms with van der Waals surface area (Å²) in [6, 6.07) is 9.91. The summed E-state index contributed by atoms with van der Waals surface area (Å²) in [6.07, 6.45) is 0. The smallest absolute Gasteiger partial charge is 0.318 e. The summed E-state index contributed by atoms with van der Waals surface area (Å²) in [4.78, 5) is 14.0. The van der Waals surface area contributed by atoms with Gasteiger partial charge in [-0.3, -0.25) is 0 Å². The molecule has 1 aliphatic heterocycles. The van der Waals surface area contributed by atoms with Gasteiger partial charge in [0.15, 0.2) is 5.76 Å². The number of rotatable bonds is 3. The molecule has 0 aliphatic carbocycles. The van der Waals surface area contributed by atoms with Gasteiger partial charge in [0.2, 0.25) is 0 Å². The van der Waals surface area contributed by atoms with Gasteiger partial charge in [0.05, 0.1) is 25.8 Å². The standard InChI is InChI=1S/C17H21N3O3/c1-12-3-5-14(6-4-12)16-9-15(23-19-16)10-18-17(21)20-7-8-22-11-13(20)2/h3-6,9,13H,7-8,10-11H2,1-2H3,(H,18,21)/t13-/m0/s1. The number of urea groups is 1. The Morgan fingerprint density at radius 3 is 2.91 bits per heavy atom. The molecule has 1 fully saturated rings. The summed E-state index contributed by atoms with van der Waals surface area (Å²) in [7, 11) is 0. The number of carbonyl (C=O) groups is 1. The first kappa shape index (κ1) is 15.6. The number of hydrogen-bond donors (Lipinski definition) is 1. The molecule has 2 amide bonds. The highest BCUT2D eigenvalue weighted by molar-refractivity contribution is 5.74. The topological polar surface area (TPSA) is 67.6 Å². The van der Waals surface area contributed by atoms with Crippen LogP contribution in [0, 0.1) is 6.92 Å². The lowest BCUT2D eigenvalue weighted by Crippen LogP contribution is -2.51. The van der Waals surface area contributed by atoms with Crippen molar-refractivity contribution < 1.29 is 14.1 Å². The third-order valence-corrected chi connectivity index (χ3v) is 3.95. The number of amides is 2. The molecule has 6 heteroatoms. The molecule has 1 N–H and O–H groups in total. The minimum atomic E-state index is -0.103. The van der Waals surface area contributed by atoms with E-state index in [2.05, 4.69) is 10.5 Å². The van der Waals surface area contributed by atoms with Crippen LogP contribution in [0.1, 0.15) is 18.2 Å². The highest BCUT2D eigenvalue weighted by atomic mass is 16.5. The molecule has 122 valence electrons. The van der Waals surface area contributed by atoms with Crippen molar-refractivity contribution in [1.29, 1.82) is 0 Å². The maximum Gasteiger partial charge on any atom is 0.318 e. The van der Waals surface area contributed by atoms with Gasteiger partial charge in [-0.25, -0.2) is 4.79 Å². The summed E-state index contributed by atoms with van der Waals surface area (Å²) in [5.74, 6) is 0.634. The van der Waals surface area contributed by atoms with Gasteiger partial charge in [-0.1, -0.05) is 35.0 Å². The highest BCUT2D eigenvalue weighted by Crippen LogP contribution is 2.19. The van der Waals surface area contributed by atoms with Crippen molar-refractivity contribution in [3.63, 3.8) is 0 Å². The van der Waals surface area contributed by atoms with Crippen LogP contribution in [-0.4, -0.2) is 41.9 Å². The Morgan fingerprint density at radius 1 is 1.39 bits per heavy atom. The van der Waals surface area contributed by atoms with Crippen molar-refractivity contribution in [2.45, 2.75) is 26.4 Å². The van der Waals surface area contributed by atoms with E-state index in [1.807, 2.05) is 44.2 Å². The Balaban J connectivity index is 1.58. The molecular formula is C17H21N3O3. The number of aryl methyl sites for hydroxylation is 1. The van der Waals surface area contributed by atoms with E-state index in [-0.39, 0.29) is 12.1 Å². The Labute approximate surface area is 135 Å². The quantitative estimate of drug-likeness (QED) is 0.945. The first-order valence-corrected chi connectivity index (χ1v) is 7.78. The average Bonchev–Trinajstić information content (AvgIpc) is 3.03. The van der Waals surface area contributed by atoms with E-state index in [1.54, 1.807) is 4.90 Å². The second-order valence-electron chi connectivity index (χ2n) is 5.82. The lowest BCUT2D eigenvalue weighted by molar-refractivity contribution is 0.0188. The Kier molecular flexibility index (Phi) is 4.62. The second-order valence-corrected chi connectivity index (χ2v) is 5.82. The fourth-order valence-electron chi connectivity index (χ4n) is 2.55. The molecule has 1 aromatic heterocycles. The maximum atomic E-state index is 12.2. The van der Waals surface area contributed by atoms with Gasteiger partial charge >= 0.3 is 6.03 Å². The average molecular weight is 315 g/mol. The summed E-state index contributed by atoms with van der Waals surface area (Å²) < 4.78 is 10.6. The van der Waals surface area contributed by atoms with Crippen LogP contribution in [0.25, 0.3) is 11.3 Å². The van der Waals surface area contributed by atoms with E-state index >= 15 is 0 Å². The van der Waals surface area contributed by atoms with Gasteiger partial charge in [-0.2, -0.15) is 0 Å². The van der Waals surface area contributed by atoms with E-state index < -0.39 is 0 Å². The lowest BCUT2D eigenvalue weighted by Gasteiger charge is -2.33. The number of ether oxygens (including phenoxy) is 1. The monoisotopic (exact) mass is 315 g/mol. The molecule has 2 heterocycles. The number of nitrogens with one attached hydrogen (secondary N) is 1. The van der Waals surface area contributed by atoms with Crippen LogP contribution in [0.3, 0.4) is 0 Å². The van der Waals surface area contributed by atoms with E-state index in [4.69, 9.17) is 9.26 Å². The predicted molar refractivity (Wildman–Crippen MR) is 85.9 cm³/mol. The second kappa shape index (κ2) is 6.83. The van der Waals surface area contributed by atoms with Crippen LogP contribution in [0.2, 0.25) is 0 Å². The molecule has 0 spiro atoms. The van der Waals surface area contributed by atoms with Crippen LogP contribution in [-0.2, 0) is 11.3 Å². The Bertz CT molecular complexity index is 666. The van der Waals surface area contributed by atoms with Gasteiger partial charge in [0.25, 0.3) is 0 Å². The van der Waals surface area contributed by atoms with Crippen molar-refractivity contribution in [2.75, 3.05) is 19.8 Å². The molecule has 1 saturated heterocycles. The molecular weight excluding hydrogens is 294 g/mol. The Morgan fingerprint density at radius 2 is 2.17 bits per heavy atom.